The number of nitrogens with one attached hydrogen (secondary N) is 1. The SMILES string of the molecule is CCOC(=O)Cc1ccc(-c2ccc(-c3cnn(C)c3NC(=O)O[C@H](C)c3ccccc3)cc2)cc1. The molecule has 0 saturated heterocycles. The Kier molecular flexibility index (Phi) is 7.80. The monoisotopic (exact) mass is 483 g/mol. The van der Waals surface area contributed by atoms with E-state index in [1.165, 1.54) is 0 Å². The van der Waals surface area contributed by atoms with E-state index in [0.29, 0.717) is 12.4 Å². The van der Waals surface area contributed by atoms with Crippen LogP contribution in [0.3, 0.4) is 0 Å². The summed E-state index contributed by atoms with van der Waals surface area (Å²) < 4.78 is 12.2. The Morgan fingerprint density at radius 3 is 2.17 bits per heavy atom. The molecule has 7 nitrogen and oxygen atoms in total. The molecule has 0 bridgehead atoms. The van der Waals surface area contributed by atoms with Gasteiger partial charge in [0.1, 0.15) is 11.9 Å². The average molecular weight is 484 g/mol. The molecule has 0 spiro atoms. The summed E-state index contributed by atoms with van der Waals surface area (Å²) in [5.74, 6) is 0.324. The molecule has 0 saturated carbocycles. The lowest BCUT2D eigenvalue weighted by molar-refractivity contribution is -0.142. The van der Waals surface area contributed by atoms with Crippen LogP contribution in [0.2, 0.25) is 0 Å². The summed E-state index contributed by atoms with van der Waals surface area (Å²) >= 11 is 0. The molecule has 1 N–H and O–H groups in total. The van der Waals surface area contributed by atoms with E-state index >= 15 is 0 Å². The first-order valence-corrected chi connectivity index (χ1v) is 11.8. The van der Waals surface area contributed by atoms with E-state index in [4.69, 9.17) is 9.47 Å². The number of nitrogens with zero attached hydrogens (tertiary/aromatic N) is 2. The summed E-state index contributed by atoms with van der Waals surface area (Å²) in [6, 6.07) is 25.4. The van der Waals surface area contributed by atoms with Crippen LogP contribution < -0.4 is 5.32 Å². The minimum Gasteiger partial charge on any atom is -0.466 e. The second-order valence-electron chi connectivity index (χ2n) is 8.37. The maximum Gasteiger partial charge on any atom is 0.413 e. The first kappa shape index (κ1) is 24.7. The summed E-state index contributed by atoms with van der Waals surface area (Å²) in [6.45, 7) is 4.01. The number of carbonyl (C=O) groups is 2. The van der Waals surface area contributed by atoms with Crippen molar-refractivity contribution in [1.29, 1.82) is 0 Å². The predicted molar refractivity (Wildman–Crippen MR) is 139 cm³/mol. The number of ether oxygens (including phenoxy) is 2. The minimum absolute atomic E-state index is 0.228. The van der Waals surface area contributed by atoms with Crippen LogP contribution >= 0.6 is 0 Å². The van der Waals surface area contributed by atoms with E-state index in [2.05, 4.69) is 10.4 Å². The molecule has 184 valence electrons. The molecule has 4 aromatic rings. The highest BCUT2D eigenvalue weighted by molar-refractivity contribution is 5.90. The normalized spacial score (nSPS) is 11.5. The van der Waals surface area contributed by atoms with Gasteiger partial charge in [-0.3, -0.25) is 14.8 Å². The molecule has 1 amide bonds. The third-order valence-electron chi connectivity index (χ3n) is 5.85. The van der Waals surface area contributed by atoms with Crippen molar-refractivity contribution in [3.63, 3.8) is 0 Å². The summed E-state index contributed by atoms with van der Waals surface area (Å²) in [7, 11) is 1.77. The zero-order valence-corrected chi connectivity index (χ0v) is 20.6. The highest BCUT2D eigenvalue weighted by atomic mass is 16.6. The maximum atomic E-state index is 12.6. The fourth-order valence-corrected chi connectivity index (χ4v) is 3.91. The van der Waals surface area contributed by atoms with E-state index in [9.17, 15) is 9.59 Å². The number of aryl methyl sites for hydroxylation is 1. The van der Waals surface area contributed by atoms with Crippen LogP contribution in [0.25, 0.3) is 22.3 Å². The number of benzene rings is 3. The summed E-state index contributed by atoms with van der Waals surface area (Å²) in [5.41, 5.74) is 5.61. The van der Waals surface area contributed by atoms with Crippen molar-refractivity contribution < 1.29 is 19.1 Å². The molecule has 0 radical (unpaired) electrons. The van der Waals surface area contributed by atoms with Crippen LogP contribution in [-0.4, -0.2) is 28.4 Å². The van der Waals surface area contributed by atoms with Gasteiger partial charge in [0, 0.05) is 12.6 Å². The molecule has 1 atom stereocenters. The lowest BCUT2D eigenvalue weighted by atomic mass is 10.00. The van der Waals surface area contributed by atoms with Gasteiger partial charge < -0.3 is 9.47 Å². The molecule has 1 aromatic heterocycles. The second-order valence-corrected chi connectivity index (χ2v) is 8.37. The molecule has 3 aromatic carbocycles. The number of hydrogen-bond donors (Lipinski definition) is 1. The van der Waals surface area contributed by atoms with Crippen LogP contribution in [0.5, 0.6) is 0 Å². The quantitative estimate of drug-likeness (QED) is 0.303. The average Bonchev–Trinajstić information content (AvgIpc) is 3.25. The van der Waals surface area contributed by atoms with Crippen LogP contribution in [0, 0.1) is 0 Å². The van der Waals surface area contributed by atoms with Gasteiger partial charge >= 0.3 is 12.1 Å². The van der Waals surface area contributed by atoms with Crippen molar-refractivity contribution in [1.82, 2.24) is 9.78 Å². The van der Waals surface area contributed by atoms with Gasteiger partial charge in [0.15, 0.2) is 0 Å². The Morgan fingerprint density at radius 1 is 0.917 bits per heavy atom. The Hall–Kier alpha value is -4.39. The number of rotatable bonds is 8. The molecule has 0 unspecified atom stereocenters. The van der Waals surface area contributed by atoms with Gasteiger partial charge in [-0.15, -0.1) is 0 Å². The van der Waals surface area contributed by atoms with Crippen molar-refractivity contribution in [2.75, 3.05) is 11.9 Å². The fraction of sp³-hybridized carbons (Fsp3) is 0.207. The van der Waals surface area contributed by atoms with Crippen LogP contribution in [0.15, 0.2) is 85.1 Å². The third kappa shape index (κ3) is 5.99. The summed E-state index contributed by atoms with van der Waals surface area (Å²) in [5, 5.41) is 7.16. The van der Waals surface area contributed by atoms with Crippen molar-refractivity contribution in [3.05, 3.63) is 96.2 Å². The molecule has 0 aliphatic rings. The van der Waals surface area contributed by atoms with Gasteiger partial charge in [-0.2, -0.15) is 5.10 Å². The molecule has 0 aliphatic carbocycles. The second kappa shape index (κ2) is 11.4. The molecule has 0 aliphatic heterocycles. The van der Waals surface area contributed by atoms with E-state index in [1.54, 1.807) is 24.9 Å². The molecule has 7 heteroatoms. The van der Waals surface area contributed by atoms with Crippen molar-refractivity contribution in [2.24, 2.45) is 7.05 Å². The lowest BCUT2D eigenvalue weighted by Crippen LogP contribution is -2.18. The van der Waals surface area contributed by atoms with E-state index in [0.717, 1.165) is 33.4 Å². The van der Waals surface area contributed by atoms with Gasteiger partial charge in [0.25, 0.3) is 0 Å². The van der Waals surface area contributed by atoms with Crippen molar-refractivity contribution in [3.8, 4) is 22.3 Å². The van der Waals surface area contributed by atoms with Gasteiger partial charge in [-0.25, -0.2) is 4.79 Å². The highest BCUT2D eigenvalue weighted by Crippen LogP contribution is 2.30. The molecule has 36 heavy (non-hydrogen) atoms. The first-order valence-electron chi connectivity index (χ1n) is 11.8. The number of carbonyl (C=O) groups excluding carboxylic acids is 2. The molecular weight excluding hydrogens is 454 g/mol. The fourth-order valence-electron chi connectivity index (χ4n) is 3.91. The molecule has 4 rings (SSSR count). The molecule has 0 fully saturated rings. The summed E-state index contributed by atoms with van der Waals surface area (Å²) in [4.78, 5) is 24.3. The van der Waals surface area contributed by atoms with Crippen LogP contribution in [-0.2, 0) is 27.7 Å². The van der Waals surface area contributed by atoms with Gasteiger partial charge in [-0.05, 0) is 41.7 Å². The van der Waals surface area contributed by atoms with Gasteiger partial charge in [-0.1, -0.05) is 78.9 Å². The van der Waals surface area contributed by atoms with Crippen LogP contribution in [0.1, 0.15) is 31.1 Å². The number of anilines is 1. The lowest BCUT2D eigenvalue weighted by Gasteiger charge is -2.15. The number of aromatic nitrogens is 2. The zero-order valence-electron chi connectivity index (χ0n) is 20.6. The van der Waals surface area contributed by atoms with E-state index in [1.807, 2.05) is 85.8 Å². The third-order valence-corrected chi connectivity index (χ3v) is 5.85. The van der Waals surface area contributed by atoms with Crippen molar-refractivity contribution >= 4 is 17.9 Å². The minimum atomic E-state index is -0.546. The Morgan fingerprint density at radius 2 is 1.53 bits per heavy atom. The Labute approximate surface area is 210 Å². The molecule has 1 heterocycles. The maximum absolute atomic E-state index is 12.6. The van der Waals surface area contributed by atoms with Gasteiger partial charge in [0.2, 0.25) is 0 Å². The van der Waals surface area contributed by atoms with Gasteiger partial charge in [0.05, 0.1) is 19.2 Å². The first-order chi connectivity index (χ1) is 17.4. The largest absolute Gasteiger partial charge is 0.466 e. The predicted octanol–water partition coefficient (Wildman–Crippen LogP) is 6.17. The Bertz CT molecular complexity index is 1310. The van der Waals surface area contributed by atoms with Crippen LogP contribution in [0.4, 0.5) is 10.6 Å². The van der Waals surface area contributed by atoms with Crippen molar-refractivity contribution in [2.45, 2.75) is 26.4 Å². The van der Waals surface area contributed by atoms with E-state index < -0.39 is 6.09 Å². The number of hydrogen-bond acceptors (Lipinski definition) is 5. The number of esters is 1. The highest BCUT2D eigenvalue weighted by Gasteiger charge is 2.17. The summed E-state index contributed by atoms with van der Waals surface area (Å²) in [6.07, 6.45) is 1.05. The smallest absolute Gasteiger partial charge is 0.413 e. The standard InChI is InChI=1S/C29H29N3O4/c1-4-35-27(33)18-21-10-12-23(13-11-21)24-14-16-25(17-15-24)26-19-30-32(3)28(26)31-29(34)36-20(2)22-8-6-5-7-9-22/h5-17,19-20H,4,18H2,1-3H3,(H,31,34)/t20-/m1/s1. The Balaban J connectivity index is 1.45. The molecular formula is C29H29N3O4. The van der Waals surface area contributed by atoms with E-state index in [-0.39, 0.29) is 18.5 Å². The number of amides is 1. The zero-order chi connectivity index (χ0) is 25.5. The topological polar surface area (TPSA) is 82.5 Å².